The third-order valence-electron chi connectivity index (χ3n) is 6.63. The van der Waals surface area contributed by atoms with Crippen molar-refractivity contribution in [1.29, 1.82) is 0 Å². The van der Waals surface area contributed by atoms with Gasteiger partial charge in [-0.05, 0) is 88.0 Å². The van der Waals surface area contributed by atoms with E-state index in [2.05, 4.69) is 5.10 Å². The van der Waals surface area contributed by atoms with Crippen molar-refractivity contribution in [2.24, 2.45) is 5.92 Å². The fourth-order valence-electron chi connectivity index (χ4n) is 4.64. The van der Waals surface area contributed by atoms with E-state index in [1.54, 1.807) is 10.7 Å². The third kappa shape index (κ3) is 5.00. The van der Waals surface area contributed by atoms with Crippen LogP contribution in [0.1, 0.15) is 55.0 Å². The lowest BCUT2D eigenvalue weighted by Gasteiger charge is -2.33. The minimum atomic E-state index is -0.512. The summed E-state index contributed by atoms with van der Waals surface area (Å²) in [5.74, 6) is 1.17. The summed E-state index contributed by atoms with van der Waals surface area (Å²) in [7, 11) is 0. The molecule has 0 N–H and O–H groups in total. The molecule has 4 rings (SSSR count). The number of rotatable bonds is 5. The Morgan fingerprint density at radius 1 is 1.16 bits per heavy atom. The first-order valence-electron chi connectivity index (χ1n) is 11.5. The molecule has 1 aliphatic heterocycles. The number of nitrogens with zero attached hydrogens (tertiary/aromatic N) is 3. The summed E-state index contributed by atoms with van der Waals surface area (Å²) in [4.78, 5) is 27.3. The molecular formula is C25H33N3O3. The zero-order valence-electron chi connectivity index (χ0n) is 18.9. The number of likely N-dealkylation sites (tertiary alicyclic amines) is 1. The molecule has 6 heteroatoms. The highest BCUT2D eigenvalue weighted by molar-refractivity contribution is 5.81. The topological polar surface area (TPSA) is 64.4 Å². The molecule has 0 bridgehead atoms. The maximum absolute atomic E-state index is 12.9. The number of carbonyl (C=O) groups is 1. The van der Waals surface area contributed by atoms with Crippen LogP contribution < -0.4 is 10.3 Å². The molecule has 2 aromatic rings. The smallest absolute Gasteiger partial charge is 0.267 e. The summed E-state index contributed by atoms with van der Waals surface area (Å²) in [5, 5.41) is 4.66. The predicted octanol–water partition coefficient (Wildman–Crippen LogP) is 3.45. The number of aromatic nitrogens is 2. The van der Waals surface area contributed by atoms with Crippen LogP contribution in [-0.2, 0) is 24.2 Å². The highest BCUT2D eigenvalue weighted by Gasteiger charge is 2.28. The number of hydrogen-bond acceptors (Lipinski definition) is 4. The van der Waals surface area contributed by atoms with E-state index in [1.165, 1.54) is 0 Å². The molecule has 1 atom stereocenters. The fraction of sp³-hybridized carbons (Fsp3) is 0.560. The van der Waals surface area contributed by atoms with E-state index in [-0.39, 0.29) is 11.5 Å². The number of ether oxygens (including phenoxy) is 1. The normalized spacial score (nSPS) is 17.8. The van der Waals surface area contributed by atoms with Gasteiger partial charge in [-0.1, -0.05) is 12.1 Å². The number of hydrogen-bond donors (Lipinski definition) is 0. The Balaban J connectivity index is 1.32. The first-order chi connectivity index (χ1) is 14.9. The molecule has 1 aliphatic carbocycles. The number of piperidine rings is 1. The van der Waals surface area contributed by atoms with E-state index in [0.717, 1.165) is 66.7 Å². The minimum Gasteiger partial charge on any atom is -0.481 e. The summed E-state index contributed by atoms with van der Waals surface area (Å²) >= 11 is 0. The Morgan fingerprint density at radius 3 is 2.68 bits per heavy atom. The van der Waals surface area contributed by atoms with Gasteiger partial charge in [0.2, 0.25) is 0 Å². The molecule has 6 nitrogen and oxygen atoms in total. The summed E-state index contributed by atoms with van der Waals surface area (Å²) < 4.78 is 7.64. The number of aryl methyl sites for hydroxylation is 4. The second kappa shape index (κ2) is 9.25. The molecule has 0 spiro atoms. The van der Waals surface area contributed by atoms with Gasteiger partial charge in [0, 0.05) is 25.7 Å². The number of fused-ring (bicyclic) bond motifs is 1. The number of benzene rings is 1. The zero-order chi connectivity index (χ0) is 22.0. The first-order valence-corrected chi connectivity index (χ1v) is 11.5. The lowest BCUT2D eigenvalue weighted by molar-refractivity contribution is -0.139. The van der Waals surface area contributed by atoms with Gasteiger partial charge in [0.25, 0.3) is 11.5 Å². The van der Waals surface area contributed by atoms with Crippen LogP contribution in [0.5, 0.6) is 5.75 Å². The van der Waals surface area contributed by atoms with Crippen molar-refractivity contribution in [1.82, 2.24) is 14.7 Å². The molecule has 2 heterocycles. The third-order valence-corrected chi connectivity index (χ3v) is 6.63. The van der Waals surface area contributed by atoms with Gasteiger partial charge < -0.3 is 9.64 Å². The Morgan fingerprint density at radius 2 is 1.90 bits per heavy atom. The highest BCUT2D eigenvalue weighted by Crippen LogP contribution is 2.23. The van der Waals surface area contributed by atoms with Crippen LogP contribution >= 0.6 is 0 Å². The van der Waals surface area contributed by atoms with Crippen LogP contribution in [0.25, 0.3) is 0 Å². The van der Waals surface area contributed by atoms with Gasteiger partial charge in [-0.25, -0.2) is 4.68 Å². The molecule has 1 fully saturated rings. The van der Waals surface area contributed by atoms with E-state index < -0.39 is 6.10 Å². The monoisotopic (exact) mass is 423 g/mol. The summed E-state index contributed by atoms with van der Waals surface area (Å²) in [6.07, 6.45) is 5.50. The van der Waals surface area contributed by atoms with Crippen LogP contribution in [0.4, 0.5) is 0 Å². The van der Waals surface area contributed by atoms with Crippen molar-refractivity contribution < 1.29 is 9.53 Å². The standard InChI is InChI=1S/C25H33N3O3/c1-17-8-9-18(2)23(14-17)31-19(3)25(30)27-12-10-20(11-13-27)16-28-24(29)15-21-6-4-5-7-22(21)26-28/h8-9,14-15,19-20H,4-7,10-13,16H2,1-3H3. The Hall–Kier alpha value is -2.63. The van der Waals surface area contributed by atoms with Crippen molar-refractivity contribution in [3.63, 3.8) is 0 Å². The molecule has 1 aromatic heterocycles. The fourth-order valence-corrected chi connectivity index (χ4v) is 4.64. The van der Waals surface area contributed by atoms with Gasteiger partial charge in [0.05, 0.1) is 5.69 Å². The van der Waals surface area contributed by atoms with Crippen LogP contribution in [0, 0.1) is 19.8 Å². The summed E-state index contributed by atoms with van der Waals surface area (Å²) in [6.45, 7) is 7.88. The average Bonchev–Trinajstić information content (AvgIpc) is 2.77. The van der Waals surface area contributed by atoms with Gasteiger partial charge in [0.15, 0.2) is 6.10 Å². The van der Waals surface area contributed by atoms with Crippen molar-refractivity contribution >= 4 is 5.91 Å². The molecule has 1 unspecified atom stereocenters. The molecule has 31 heavy (non-hydrogen) atoms. The number of carbonyl (C=O) groups excluding carboxylic acids is 1. The molecule has 1 aromatic carbocycles. The Labute approximate surface area is 184 Å². The molecule has 2 aliphatic rings. The highest BCUT2D eigenvalue weighted by atomic mass is 16.5. The molecule has 0 saturated carbocycles. The summed E-state index contributed by atoms with van der Waals surface area (Å²) in [6, 6.07) is 7.83. The molecule has 1 saturated heterocycles. The second-order valence-electron chi connectivity index (χ2n) is 9.14. The predicted molar refractivity (Wildman–Crippen MR) is 120 cm³/mol. The van der Waals surface area contributed by atoms with E-state index in [1.807, 2.05) is 43.9 Å². The van der Waals surface area contributed by atoms with Gasteiger partial charge in [0.1, 0.15) is 5.75 Å². The first kappa shape index (κ1) is 21.6. The minimum absolute atomic E-state index is 0.00898. The van der Waals surface area contributed by atoms with Crippen molar-refractivity contribution in [2.75, 3.05) is 13.1 Å². The Kier molecular flexibility index (Phi) is 6.44. The molecule has 1 amide bonds. The van der Waals surface area contributed by atoms with Crippen molar-refractivity contribution in [2.45, 2.75) is 71.9 Å². The van der Waals surface area contributed by atoms with Crippen LogP contribution in [0.15, 0.2) is 29.1 Å². The van der Waals surface area contributed by atoms with Crippen LogP contribution in [-0.4, -0.2) is 39.8 Å². The van der Waals surface area contributed by atoms with Gasteiger partial charge in [-0.3, -0.25) is 9.59 Å². The zero-order valence-corrected chi connectivity index (χ0v) is 18.9. The largest absolute Gasteiger partial charge is 0.481 e. The van der Waals surface area contributed by atoms with Crippen LogP contribution in [0.2, 0.25) is 0 Å². The van der Waals surface area contributed by atoms with Crippen molar-refractivity contribution in [3.05, 3.63) is 57.0 Å². The van der Waals surface area contributed by atoms with Gasteiger partial charge >= 0.3 is 0 Å². The average molecular weight is 424 g/mol. The lowest BCUT2D eigenvalue weighted by atomic mass is 9.95. The lowest BCUT2D eigenvalue weighted by Crippen LogP contribution is -2.45. The maximum Gasteiger partial charge on any atom is 0.267 e. The molecule has 166 valence electrons. The number of amides is 1. The van der Waals surface area contributed by atoms with Crippen molar-refractivity contribution in [3.8, 4) is 5.75 Å². The second-order valence-corrected chi connectivity index (χ2v) is 9.14. The quantitative estimate of drug-likeness (QED) is 0.739. The SMILES string of the molecule is Cc1ccc(C)c(OC(C)C(=O)N2CCC(Cn3nc4c(cc3=O)CCCC4)CC2)c1. The molecule has 0 radical (unpaired) electrons. The van der Waals surface area contributed by atoms with E-state index in [4.69, 9.17) is 4.74 Å². The van der Waals surface area contributed by atoms with E-state index in [0.29, 0.717) is 25.6 Å². The molecular weight excluding hydrogens is 390 g/mol. The van der Waals surface area contributed by atoms with Gasteiger partial charge in [-0.2, -0.15) is 5.10 Å². The van der Waals surface area contributed by atoms with Gasteiger partial charge in [-0.15, -0.1) is 0 Å². The summed E-state index contributed by atoms with van der Waals surface area (Å²) in [5.41, 5.74) is 4.38. The maximum atomic E-state index is 12.9. The van der Waals surface area contributed by atoms with E-state index >= 15 is 0 Å². The van der Waals surface area contributed by atoms with E-state index in [9.17, 15) is 9.59 Å². The van der Waals surface area contributed by atoms with Crippen LogP contribution in [0.3, 0.4) is 0 Å². The Bertz CT molecular complexity index is 1010.